The van der Waals surface area contributed by atoms with Crippen molar-refractivity contribution < 1.29 is 31.9 Å². The molecule has 0 radical (unpaired) electrons. The Hall–Kier alpha value is -4.81. The number of rotatable bonds is 11. The lowest BCUT2D eigenvalue weighted by molar-refractivity contribution is -0.118. The molecule has 0 saturated carbocycles. The number of amides is 2. The molecular weight excluding hydrogens is 572 g/mol. The number of furan rings is 1. The summed E-state index contributed by atoms with van der Waals surface area (Å²) in [7, 11) is -2.57. The number of nitrogens with one attached hydrogen (secondary N) is 3. The molecular formula is C31H32N4O7S. The summed E-state index contributed by atoms with van der Waals surface area (Å²) in [6.07, 6.45) is 1.58. The molecule has 1 aromatic heterocycles. The van der Waals surface area contributed by atoms with Crippen molar-refractivity contribution in [2.24, 2.45) is 0 Å². The van der Waals surface area contributed by atoms with Gasteiger partial charge in [-0.1, -0.05) is 30.3 Å². The van der Waals surface area contributed by atoms with Gasteiger partial charge in [-0.3, -0.25) is 14.3 Å². The van der Waals surface area contributed by atoms with Crippen LogP contribution in [0.4, 0.5) is 17.1 Å². The zero-order valence-corrected chi connectivity index (χ0v) is 24.3. The zero-order valence-electron chi connectivity index (χ0n) is 23.5. The van der Waals surface area contributed by atoms with E-state index in [2.05, 4.69) is 15.4 Å². The number of ether oxygens (including phenoxy) is 2. The van der Waals surface area contributed by atoms with E-state index in [1.807, 2.05) is 35.2 Å². The van der Waals surface area contributed by atoms with E-state index in [4.69, 9.17) is 13.9 Å². The van der Waals surface area contributed by atoms with Gasteiger partial charge < -0.3 is 29.4 Å². The Morgan fingerprint density at radius 3 is 2.33 bits per heavy atom. The number of hydrogen-bond donors (Lipinski definition) is 3. The summed E-state index contributed by atoms with van der Waals surface area (Å²) in [5.41, 5.74) is 1.92. The van der Waals surface area contributed by atoms with Crippen molar-refractivity contribution in [1.82, 2.24) is 5.32 Å². The number of hydrogen-bond acceptors (Lipinski definition) is 8. The van der Waals surface area contributed by atoms with Crippen LogP contribution in [0.1, 0.15) is 16.1 Å². The van der Waals surface area contributed by atoms with Crippen LogP contribution < -0.4 is 25.0 Å². The molecule has 1 aliphatic heterocycles. The number of benzene rings is 3. The summed E-state index contributed by atoms with van der Waals surface area (Å²) < 4.78 is 45.9. The lowest BCUT2D eigenvalue weighted by Crippen LogP contribution is -2.45. The summed E-state index contributed by atoms with van der Waals surface area (Å²) in [5, 5.41) is 5.53. The van der Waals surface area contributed by atoms with Crippen molar-refractivity contribution in [2.75, 3.05) is 48.4 Å². The van der Waals surface area contributed by atoms with Gasteiger partial charge in [-0.15, -0.1) is 0 Å². The maximum absolute atomic E-state index is 13.7. The topological polar surface area (TPSA) is 139 Å². The van der Waals surface area contributed by atoms with E-state index in [1.54, 1.807) is 42.5 Å². The molecule has 1 atom stereocenters. The third kappa shape index (κ3) is 7.53. The van der Waals surface area contributed by atoms with Crippen LogP contribution in [0.15, 0.2) is 101 Å². The highest BCUT2D eigenvalue weighted by molar-refractivity contribution is 7.92. The van der Waals surface area contributed by atoms with Crippen LogP contribution in [0.3, 0.4) is 0 Å². The molecule has 5 rings (SSSR count). The number of methoxy groups -OCH3 is 1. The van der Waals surface area contributed by atoms with Crippen LogP contribution in [0, 0.1) is 0 Å². The Labute approximate surface area is 249 Å². The van der Waals surface area contributed by atoms with Gasteiger partial charge in [0.05, 0.1) is 32.3 Å². The average molecular weight is 605 g/mol. The van der Waals surface area contributed by atoms with Crippen molar-refractivity contribution >= 4 is 38.9 Å². The van der Waals surface area contributed by atoms with E-state index >= 15 is 0 Å². The second-order valence-corrected chi connectivity index (χ2v) is 11.4. The van der Waals surface area contributed by atoms with Gasteiger partial charge in [0.15, 0.2) is 5.76 Å². The smallest absolute Gasteiger partial charge is 0.287 e. The van der Waals surface area contributed by atoms with Crippen LogP contribution in [0.25, 0.3) is 0 Å². The first-order valence-electron chi connectivity index (χ1n) is 13.7. The normalized spacial score (nSPS) is 14.0. The Balaban J connectivity index is 1.43. The summed E-state index contributed by atoms with van der Waals surface area (Å²) in [5.74, 6) is -0.408. The van der Waals surface area contributed by atoms with E-state index in [1.165, 1.54) is 25.5 Å². The zero-order chi connectivity index (χ0) is 30.2. The molecule has 12 heteroatoms. The van der Waals surface area contributed by atoms with Gasteiger partial charge in [0.1, 0.15) is 16.7 Å². The van der Waals surface area contributed by atoms with Crippen LogP contribution in [-0.2, 0) is 26.0 Å². The molecule has 0 aliphatic carbocycles. The fourth-order valence-electron chi connectivity index (χ4n) is 4.67. The average Bonchev–Trinajstić information content (AvgIpc) is 3.57. The molecule has 2 heterocycles. The maximum atomic E-state index is 13.7. The van der Waals surface area contributed by atoms with Gasteiger partial charge in [0.25, 0.3) is 15.9 Å². The van der Waals surface area contributed by atoms with Crippen LogP contribution in [0.5, 0.6) is 5.75 Å². The van der Waals surface area contributed by atoms with E-state index in [-0.39, 0.29) is 22.8 Å². The largest absolute Gasteiger partial charge is 0.497 e. The number of anilines is 3. The lowest BCUT2D eigenvalue weighted by Gasteiger charge is -2.30. The molecule has 0 spiro atoms. The first kappa shape index (κ1) is 29.7. The molecule has 1 saturated heterocycles. The standard InChI is InChI=1S/C31H32N4O7S/c1-40-25-12-9-23(10-13-25)34-43(38,39)29-21-24(11-14-27(29)35-15-18-41-19-16-35)32-30(36)26(20-22-6-3-2-4-7-22)33-31(37)28-8-5-17-42-28/h2-14,17,21,26,34H,15-16,18-20H2,1H3,(H,32,36)(H,33,37)/t26-/m1/s1. The van der Waals surface area contributed by atoms with Gasteiger partial charge in [0, 0.05) is 30.9 Å². The van der Waals surface area contributed by atoms with Crippen molar-refractivity contribution in [3.63, 3.8) is 0 Å². The highest BCUT2D eigenvalue weighted by Crippen LogP contribution is 2.31. The number of nitrogens with zero attached hydrogens (tertiary/aromatic N) is 1. The SMILES string of the molecule is COc1ccc(NS(=O)(=O)c2cc(NC(=O)[C@@H](Cc3ccccc3)NC(=O)c3ccco3)ccc2N2CCOCC2)cc1. The monoisotopic (exact) mass is 604 g/mol. The number of carbonyl (C=O) groups excluding carboxylic acids is 2. The van der Waals surface area contributed by atoms with E-state index < -0.39 is 27.9 Å². The van der Waals surface area contributed by atoms with Crippen LogP contribution in [-0.4, -0.2) is 59.7 Å². The quantitative estimate of drug-likeness (QED) is 0.234. The fraction of sp³-hybridized carbons (Fsp3) is 0.226. The highest BCUT2D eigenvalue weighted by atomic mass is 32.2. The van der Waals surface area contributed by atoms with Crippen molar-refractivity contribution in [3.8, 4) is 5.75 Å². The minimum Gasteiger partial charge on any atom is -0.497 e. The van der Waals surface area contributed by atoms with Gasteiger partial charge in [-0.05, 0) is 60.2 Å². The molecule has 2 amide bonds. The van der Waals surface area contributed by atoms with Crippen LogP contribution in [0.2, 0.25) is 0 Å². The molecule has 0 unspecified atom stereocenters. The van der Waals surface area contributed by atoms with Gasteiger partial charge >= 0.3 is 0 Å². The molecule has 1 fully saturated rings. The summed E-state index contributed by atoms with van der Waals surface area (Å²) in [6, 6.07) is 22.6. The summed E-state index contributed by atoms with van der Waals surface area (Å²) in [6.45, 7) is 1.93. The van der Waals surface area contributed by atoms with Gasteiger partial charge in [0.2, 0.25) is 5.91 Å². The third-order valence-electron chi connectivity index (χ3n) is 6.86. The second kappa shape index (κ2) is 13.4. The number of carbonyl (C=O) groups is 2. The summed E-state index contributed by atoms with van der Waals surface area (Å²) in [4.78, 5) is 28.3. The molecule has 3 N–H and O–H groups in total. The predicted molar refractivity (Wildman–Crippen MR) is 162 cm³/mol. The Kier molecular flexibility index (Phi) is 9.28. The second-order valence-electron chi connectivity index (χ2n) is 9.80. The number of sulfonamides is 1. The fourth-order valence-corrected chi connectivity index (χ4v) is 5.98. The molecule has 11 nitrogen and oxygen atoms in total. The molecule has 224 valence electrons. The van der Waals surface area contributed by atoms with E-state index in [9.17, 15) is 18.0 Å². The predicted octanol–water partition coefficient (Wildman–Crippen LogP) is 3.91. The third-order valence-corrected chi connectivity index (χ3v) is 8.27. The maximum Gasteiger partial charge on any atom is 0.287 e. The Morgan fingerprint density at radius 2 is 1.65 bits per heavy atom. The van der Waals surface area contributed by atoms with Crippen molar-refractivity contribution in [1.29, 1.82) is 0 Å². The minimum atomic E-state index is -4.10. The molecule has 3 aromatic carbocycles. The lowest BCUT2D eigenvalue weighted by atomic mass is 10.0. The van der Waals surface area contributed by atoms with Crippen molar-refractivity contribution in [3.05, 3.63) is 103 Å². The Morgan fingerprint density at radius 1 is 0.930 bits per heavy atom. The van der Waals surface area contributed by atoms with E-state index in [0.717, 1.165) is 5.56 Å². The van der Waals surface area contributed by atoms with Gasteiger partial charge in [-0.25, -0.2) is 8.42 Å². The van der Waals surface area contributed by atoms with Gasteiger partial charge in [-0.2, -0.15) is 0 Å². The minimum absolute atomic E-state index is 0.0118. The van der Waals surface area contributed by atoms with Crippen LogP contribution >= 0.6 is 0 Å². The first-order chi connectivity index (χ1) is 20.8. The molecule has 4 aromatic rings. The first-order valence-corrected chi connectivity index (χ1v) is 15.1. The molecule has 1 aliphatic rings. The number of morpholine rings is 1. The van der Waals surface area contributed by atoms with E-state index in [0.29, 0.717) is 43.4 Å². The summed E-state index contributed by atoms with van der Waals surface area (Å²) >= 11 is 0. The Bertz CT molecular complexity index is 1640. The molecule has 0 bridgehead atoms. The molecule has 43 heavy (non-hydrogen) atoms. The highest BCUT2D eigenvalue weighted by Gasteiger charge is 2.27. The van der Waals surface area contributed by atoms with Crippen molar-refractivity contribution in [2.45, 2.75) is 17.4 Å².